The minimum Gasteiger partial charge on any atom is -0.507 e. The summed E-state index contributed by atoms with van der Waals surface area (Å²) in [6.07, 6.45) is 1.14. The third kappa shape index (κ3) is 5.78. The van der Waals surface area contributed by atoms with Crippen molar-refractivity contribution in [1.82, 2.24) is 19.8 Å². The second kappa shape index (κ2) is 11.3. The van der Waals surface area contributed by atoms with Gasteiger partial charge in [0.2, 0.25) is 0 Å². The molecule has 0 spiro atoms. The summed E-state index contributed by atoms with van der Waals surface area (Å²) in [7, 11) is 0. The highest BCUT2D eigenvalue weighted by Crippen LogP contribution is 2.42. The van der Waals surface area contributed by atoms with E-state index in [-0.39, 0.29) is 43.5 Å². The van der Waals surface area contributed by atoms with E-state index in [0.717, 1.165) is 11.6 Å². The number of carbonyl (C=O) groups excluding carboxylic acids is 2. The maximum atomic E-state index is 16.3. The molecule has 5 rings (SSSR count). The van der Waals surface area contributed by atoms with E-state index in [0.29, 0.717) is 11.4 Å². The number of fused-ring (bicyclic) bond motifs is 2. The molecule has 2 amide bonds. The Morgan fingerprint density at radius 1 is 1.19 bits per heavy atom. The number of piperazine rings is 1. The Hall–Kier alpha value is -4.48. The highest BCUT2D eigenvalue weighted by molar-refractivity contribution is 6.03. The molecule has 0 unspecified atom stereocenters. The topological polar surface area (TPSA) is 117 Å². The van der Waals surface area contributed by atoms with Crippen LogP contribution >= 0.6 is 0 Å². The smallest absolute Gasteiger partial charge is 0.410 e. The quantitative estimate of drug-likeness (QED) is 0.391. The van der Waals surface area contributed by atoms with Crippen LogP contribution in [0.2, 0.25) is 0 Å². The lowest BCUT2D eigenvalue weighted by Crippen LogP contribution is -2.58. The summed E-state index contributed by atoms with van der Waals surface area (Å²) in [4.78, 5) is 38.8. The number of halogens is 2. The van der Waals surface area contributed by atoms with Gasteiger partial charge in [-0.05, 0) is 57.4 Å². The van der Waals surface area contributed by atoms with Gasteiger partial charge in [-0.25, -0.2) is 18.6 Å². The minimum absolute atomic E-state index is 0.0196. The molecule has 1 atom stereocenters. The van der Waals surface area contributed by atoms with Gasteiger partial charge in [0.15, 0.2) is 11.6 Å². The molecule has 1 saturated heterocycles. The molecule has 0 saturated carbocycles. The maximum Gasteiger partial charge on any atom is 0.410 e. The molecular formula is C31H35F2N5O5. The Bertz CT molecular complexity index is 1570. The Labute approximate surface area is 248 Å². The summed E-state index contributed by atoms with van der Waals surface area (Å²) in [6.45, 7) is 11.4. The summed E-state index contributed by atoms with van der Waals surface area (Å²) < 4.78 is 42.7. The van der Waals surface area contributed by atoms with Gasteiger partial charge >= 0.3 is 6.09 Å². The second-order valence-corrected chi connectivity index (χ2v) is 12.0. The molecule has 3 aromatic rings. The molecule has 228 valence electrons. The lowest BCUT2D eigenvalue weighted by atomic mass is 10.0. The summed E-state index contributed by atoms with van der Waals surface area (Å²) in [6, 6.07) is 4.75. The molecule has 1 aromatic carbocycles. The van der Waals surface area contributed by atoms with Gasteiger partial charge in [0.1, 0.15) is 40.8 Å². The van der Waals surface area contributed by atoms with E-state index in [1.165, 1.54) is 21.9 Å². The van der Waals surface area contributed by atoms with Gasteiger partial charge < -0.3 is 29.7 Å². The van der Waals surface area contributed by atoms with Gasteiger partial charge in [-0.2, -0.15) is 0 Å². The third-order valence-electron chi connectivity index (χ3n) is 7.33. The van der Waals surface area contributed by atoms with E-state index in [9.17, 15) is 14.7 Å². The van der Waals surface area contributed by atoms with Crippen molar-refractivity contribution in [2.24, 2.45) is 0 Å². The van der Waals surface area contributed by atoms with Crippen LogP contribution in [0, 0.1) is 18.6 Å². The highest BCUT2D eigenvalue weighted by atomic mass is 19.1. The first-order valence-corrected chi connectivity index (χ1v) is 14.1. The molecule has 2 aliphatic rings. The van der Waals surface area contributed by atoms with Crippen LogP contribution in [0.25, 0.3) is 11.3 Å². The summed E-state index contributed by atoms with van der Waals surface area (Å²) in [5.41, 5.74) is 0.165. The fraction of sp³-hybridized carbons (Fsp3) is 0.419. The number of nitrogens with zero attached hydrogens (tertiary/aromatic N) is 4. The predicted octanol–water partition coefficient (Wildman–Crippen LogP) is 5.76. The van der Waals surface area contributed by atoms with Gasteiger partial charge in [-0.3, -0.25) is 9.78 Å². The minimum atomic E-state index is -1.09. The SMILES string of the molecule is Cc1ccnc(C(C)C)c1Nc1nc(-c2c(O)cccc2F)c(F)c2c1C(=O)N1CCN(C(=O)OC(C)(C)C)C[C@@H]1CO2. The van der Waals surface area contributed by atoms with Crippen LogP contribution in [0.15, 0.2) is 30.5 Å². The lowest BCUT2D eigenvalue weighted by molar-refractivity contribution is 0.000870. The second-order valence-electron chi connectivity index (χ2n) is 12.0. The van der Waals surface area contributed by atoms with E-state index in [4.69, 9.17) is 9.47 Å². The van der Waals surface area contributed by atoms with Crippen LogP contribution in [-0.2, 0) is 4.74 Å². The Kier molecular flexibility index (Phi) is 7.89. The largest absolute Gasteiger partial charge is 0.507 e. The molecule has 0 aliphatic carbocycles. The van der Waals surface area contributed by atoms with Crippen molar-refractivity contribution < 1.29 is 33.0 Å². The number of phenolic OH excluding ortho intramolecular Hbond substituents is 1. The number of aromatic nitrogens is 2. The predicted molar refractivity (Wildman–Crippen MR) is 156 cm³/mol. The molecule has 4 heterocycles. The number of phenols is 1. The zero-order valence-corrected chi connectivity index (χ0v) is 25.0. The van der Waals surface area contributed by atoms with Crippen molar-refractivity contribution in [2.45, 2.75) is 59.1 Å². The first kappa shape index (κ1) is 30.0. The Morgan fingerprint density at radius 3 is 2.60 bits per heavy atom. The zero-order chi connectivity index (χ0) is 31.2. The van der Waals surface area contributed by atoms with E-state index in [1.807, 2.05) is 20.8 Å². The number of aromatic hydroxyl groups is 1. The molecule has 2 N–H and O–H groups in total. The summed E-state index contributed by atoms with van der Waals surface area (Å²) >= 11 is 0. The average Bonchev–Trinajstić information content (AvgIpc) is 3.07. The fourth-order valence-corrected chi connectivity index (χ4v) is 5.26. The van der Waals surface area contributed by atoms with Gasteiger partial charge in [-0.15, -0.1) is 0 Å². The first-order chi connectivity index (χ1) is 20.3. The summed E-state index contributed by atoms with van der Waals surface area (Å²) in [5, 5.41) is 13.7. The molecule has 2 aromatic heterocycles. The molecule has 1 fully saturated rings. The number of anilines is 2. The fourth-order valence-electron chi connectivity index (χ4n) is 5.26. The number of rotatable bonds is 4. The number of nitrogens with one attached hydrogen (secondary N) is 1. The van der Waals surface area contributed by atoms with Crippen molar-refractivity contribution >= 4 is 23.5 Å². The van der Waals surface area contributed by atoms with Crippen molar-refractivity contribution in [3.63, 3.8) is 0 Å². The van der Waals surface area contributed by atoms with Crippen LogP contribution in [0.1, 0.15) is 62.2 Å². The number of ether oxygens (including phenoxy) is 2. The molecule has 0 radical (unpaired) electrons. The van der Waals surface area contributed by atoms with Crippen molar-refractivity contribution in [1.29, 1.82) is 0 Å². The van der Waals surface area contributed by atoms with Crippen molar-refractivity contribution in [3.8, 4) is 22.8 Å². The standard InChI is InChI=1S/C31H35F2N5O5/c1-16(2)24-25(17(3)10-11-34-24)35-28-22-27(23(33)26(36-28)21-19(32)8-7-9-20(21)39)42-15-18-14-37(12-13-38(18)29(22)40)30(41)43-31(4,5)6/h7-11,16,18,39H,12-15H2,1-6H3,(H,35,36)/t18-/m1/s1. The monoisotopic (exact) mass is 595 g/mol. The number of amides is 2. The molecule has 0 bridgehead atoms. The van der Waals surface area contributed by atoms with Crippen LogP contribution in [-0.4, -0.2) is 74.8 Å². The first-order valence-electron chi connectivity index (χ1n) is 14.1. The average molecular weight is 596 g/mol. The van der Waals surface area contributed by atoms with Crippen molar-refractivity contribution in [3.05, 3.63) is 58.9 Å². The number of aryl methyl sites for hydroxylation is 1. The number of benzene rings is 1. The van der Waals surface area contributed by atoms with E-state index >= 15 is 8.78 Å². The molecular weight excluding hydrogens is 560 g/mol. The summed E-state index contributed by atoms with van der Waals surface area (Å²) in [5.74, 6) is -3.60. The van der Waals surface area contributed by atoms with E-state index in [2.05, 4.69) is 15.3 Å². The zero-order valence-electron chi connectivity index (χ0n) is 25.0. The third-order valence-corrected chi connectivity index (χ3v) is 7.33. The molecule has 12 heteroatoms. The number of pyridine rings is 2. The Balaban J connectivity index is 1.63. The van der Waals surface area contributed by atoms with Gasteiger partial charge in [0.05, 0.1) is 23.0 Å². The molecule has 2 aliphatic heterocycles. The van der Waals surface area contributed by atoms with Crippen LogP contribution in [0.5, 0.6) is 11.5 Å². The highest BCUT2D eigenvalue weighted by Gasteiger charge is 2.41. The number of hydrogen-bond acceptors (Lipinski definition) is 8. The Morgan fingerprint density at radius 2 is 1.93 bits per heavy atom. The van der Waals surface area contributed by atoms with Crippen LogP contribution < -0.4 is 10.1 Å². The van der Waals surface area contributed by atoms with E-state index in [1.54, 1.807) is 33.0 Å². The van der Waals surface area contributed by atoms with Crippen molar-refractivity contribution in [2.75, 3.05) is 31.6 Å². The molecule has 10 nitrogen and oxygen atoms in total. The molecule has 43 heavy (non-hydrogen) atoms. The van der Waals surface area contributed by atoms with Gasteiger partial charge in [0, 0.05) is 25.8 Å². The van der Waals surface area contributed by atoms with Crippen LogP contribution in [0.3, 0.4) is 0 Å². The number of carbonyl (C=O) groups is 2. The maximum absolute atomic E-state index is 16.3. The number of hydrogen-bond donors (Lipinski definition) is 2. The van der Waals surface area contributed by atoms with Gasteiger partial charge in [-0.1, -0.05) is 19.9 Å². The lowest BCUT2D eigenvalue weighted by Gasteiger charge is -2.40. The van der Waals surface area contributed by atoms with E-state index < -0.39 is 58.0 Å². The van der Waals surface area contributed by atoms with Crippen LogP contribution in [0.4, 0.5) is 25.1 Å². The van der Waals surface area contributed by atoms with Gasteiger partial charge in [0.25, 0.3) is 5.91 Å². The normalized spacial score (nSPS) is 16.8.